The van der Waals surface area contributed by atoms with Gasteiger partial charge < -0.3 is 15.2 Å². The molecule has 5 rings (SSSR count). The van der Waals surface area contributed by atoms with Crippen LogP contribution >= 0.6 is 0 Å². The molecule has 190 valence electrons. The van der Waals surface area contributed by atoms with Crippen LogP contribution in [0.4, 0.5) is 10.1 Å². The Kier molecular flexibility index (Phi) is 7.59. The summed E-state index contributed by atoms with van der Waals surface area (Å²) in [6, 6.07) is 33.3. The van der Waals surface area contributed by atoms with E-state index < -0.39 is 0 Å². The Balaban J connectivity index is 1.38. The van der Waals surface area contributed by atoms with E-state index in [1.54, 1.807) is 6.07 Å². The summed E-state index contributed by atoms with van der Waals surface area (Å²) in [4.78, 5) is 25.9. The van der Waals surface area contributed by atoms with Crippen LogP contribution in [0.5, 0.6) is 0 Å². The van der Waals surface area contributed by atoms with E-state index in [1.165, 1.54) is 12.1 Å². The van der Waals surface area contributed by atoms with Gasteiger partial charge in [-0.25, -0.2) is 4.39 Å². The van der Waals surface area contributed by atoms with Gasteiger partial charge in [-0.2, -0.15) is 0 Å². The van der Waals surface area contributed by atoms with Gasteiger partial charge in [-0.3, -0.25) is 9.59 Å². The average Bonchev–Trinajstić information content (AvgIpc) is 3.29. The van der Waals surface area contributed by atoms with Gasteiger partial charge in [0.2, 0.25) is 5.91 Å². The SMILES string of the molecule is O=C(CCc1ccccc1)Nc1ccc2c(c1)cc(C(=O)NCc1ccccc1)n2Cc1cccc(F)c1. The van der Waals surface area contributed by atoms with Crippen molar-refractivity contribution in [2.45, 2.75) is 25.9 Å². The predicted octanol–water partition coefficient (Wildman–Crippen LogP) is 6.33. The molecule has 1 heterocycles. The normalized spacial score (nSPS) is 10.9. The predicted molar refractivity (Wildman–Crippen MR) is 148 cm³/mol. The smallest absolute Gasteiger partial charge is 0.268 e. The molecule has 0 radical (unpaired) electrons. The summed E-state index contributed by atoms with van der Waals surface area (Å²) >= 11 is 0. The summed E-state index contributed by atoms with van der Waals surface area (Å²) < 4.78 is 15.8. The van der Waals surface area contributed by atoms with Crippen molar-refractivity contribution < 1.29 is 14.0 Å². The molecule has 0 atom stereocenters. The maximum absolute atomic E-state index is 13.9. The number of hydrogen-bond donors (Lipinski definition) is 2. The monoisotopic (exact) mass is 505 g/mol. The Labute approximate surface area is 220 Å². The molecule has 0 unspecified atom stereocenters. The highest BCUT2D eigenvalue weighted by atomic mass is 19.1. The fourth-order valence-electron chi connectivity index (χ4n) is 4.52. The summed E-state index contributed by atoms with van der Waals surface area (Å²) in [5.41, 5.74) is 4.80. The number of nitrogens with one attached hydrogen (secondary N) is 2. The van der Waals surface area contributed by atoms with E-state index in [0.717, 1.165) is 27.6 Å². The van der Waals surface area contributed by atoms with Gasteiger partial charge in [0.25, 0.3) is 5.91 Å². The first-order valence-electron chi connectivity index (χ1n) is 12.6. The molecule has 1 aromatic heterocycles. The third kappa shape index (κ3) is 6.16. The molecule has 2 N–H and O–H groups in total. The van der Waals surface area contributed by atoms with E-state index in [-0.39, 0.29) is 17.6 Å². The zero-order valence-corrected chi connectivity index (χ0v) is 20.9. The zero-order valence-electron chi connectivity index (χ0n) is 20.9. The maximum Gasteiger partial charge on any atom is 0.268 e. The summed E-state index contributed by atoms with van der Waals surface area (Å²) in [7, 11) is 0. The molecule has 5 aromatic rings. The second-order valence-corrected chi connectivity index (χ2v) is 9.22. The van der Waals surface area contributed by atoms with Crippen molar-refractivity contribution in [3.05, 3.63) is 137 Å². The van der Waals surface area contributed by atoms with Crippen LogP contribution in [0.2, 0.25) is 0 Å². The Morgan fingerprint density at radius 3 is 2.18 bits per heavy atom. The number of benzene rings is 4. The van der Waals surface area contributed by atoms with Gasteiger partial charge in [0.05, 0.1) is 0 Å². The van der Waals surface area contributed by atoms with Crippen LogP contribution in [-0.2, 0) is 24.3 Å². The Hall–Kier alpha value is -4.71. The highest BCUT2D eigenvalue weighted by Gasteiger charge is 2.17. The molecule has 0 aliphatic carbocycles. The quantitative estimate of drug-likeness (QED) is 0.246. The highest BCUT2D eigenvalue weighted by Crippen LogP contribution is 2.25. The number of halogens is 1. The van der Waals surface area contributed by atoms with Crippen molar-refractivity contribution in [2.24, 2.45) is 0 Å². The van der Waals surface area contributed by atoms with E-state index in [9.17, 15) is 14.0 Å². The second-order valence-electron chi connectivity index (χ2n) is 9.22. The number of carbonyl (C=O) groups excluding carboxylic acids is 2. The van der Waals surface area contributed by atoms with E-state index in [1.807, 2.05) is 95.6 Å². The lowest BCUT2D eigenvalue weighted by Crippen LogP contribution is -2.25. The van der Waals surface area contributed by atoms with Crippen LogP contribution in [0, 0.1) is 5.82 Å². The topological polar surface area (TPSA) is 63.1 Å². The van der Waals surface area contributed by atoms with Crippen LogP contribution in [-0.4, -0.2) is 16.4 Å². The van der Waals surface area contributed by atoms with Crippen LogP contribution < -0.4 is 10.6 Å². The van der Waals surface area contributed by atoms with Crippen LogP contribution in [0.3, 0.4) is 0 Å². The summed E-state index contributed by atoms with van der Waals surface area (Å²) in [6.45, 7) is 0.724. The van der Waals surface area contributed by atoms with Crippen LogP contribution in [0.15, 0.2) is 109 Å². The molecular weight excluding hydrogens is 477 g/mol. The van der Waals surface area contributed by atoms with Crippen molar-refractivity contribution >= 4 is 28.4 Å². The lowest BCUT2D eigenvalue weighted by molar-refractivity contribution is -0.116. The standard InChI is InChI=1S/C32H28FN3O2/c33-27-13-7-12-25(18-27)22-36-29-16-15-28(35-31(37)17-14-23-8-3-1-4-9-23)19-26(29)20-30(36)32(38)34-21-24-10-5-2-6-11-24/h1-13,15-16,18-20H,14,17,21-22H2,(H,34,38)(H,35,37). The zero-order chi connectivity index (χ0) is 26.3. The van der Waals surface area contributed by atoms with Crippen molar-refractivity contribution in [1.29, 1.82) is 0 Å². The van der Waals surface area contributed by atoms with Crippen molar-refractivity contribution in [3.8, 4) is 0 Å². The van der Waals surface area contributed by atoms with E-state index >= 15 is 0 Å². The number of amides is 2. The number of fused-ring (bicyclic) bond motifs is 1. The molecule has 0 aliphatic heterocycles. The first-order valence-corrected chi connectivity index (χ1v) is 12.6. The second kappa shape index (κ2) is 11.6. The molecule has 6 heteroatoms. The Bertz CT molecular complexity index is 1560. The molecule has 0 spiro atoms. The van der Waals surface area contributed by atoms with Crippen molar-refractivity contribution in [3.63, 3.8) is 0 Å². The number of nitrogens with zero attached hydrogens (tertiary/aromatic N) is 1. The van der Waals surface area contributed by atoms with Gasteiger partial charge in [-0.1, -0.05) is 72.8 Å². The molecule has 0 aliphatic rings. The van der Waals surface area contributed by atoms with Gasteiger partial charge >= 0.3 is 0 Å². The van der Waals surface area contributed by atoms with Crippen LogP contribution in [0.1, 0.15) is 33.6 Å². The molecule has 38 heavy (non-hydrogen) atoms. The Morgan fingerprint density at radius 2 is 1.45 bits per heavy atom. The van der Waals surface area contributed by atoms with Crippen molar-refractivity contribution in [1.82, 2.24) is 9.88 Å². The number of aryl methyl sites for hydroxylation is 1. The minimum atomic E-state index is -0.324. The van der Waals surface area contributed by atoms with Crippen LogP contribution in [0.25, 0.3) is 10.9 Å². The number of rotatable bonds is 9. The third-order valence-corrected chi connectivity index (χ3v) is 6.43. The lowest BCUT2D eigenvalue weighted by atomic mass is 10.1. The number of aromatic nitrogens is 1. The van der Waals surface area contributed by atoms with Gasteiger partial charge in [-0.15, -0.1) is 0 Å². The molecule has 0 fully saturated rings. The van der Waals surface area contributed by atoms with Gasteiger partial charge in [0.15, 0.2) is 0 Å². The number of hydrogen-bond acceptors (Lipinski definition) is 2. The summed E-state index contributed by atoms with van der Waals surface area (Å²) in [5.74, 6) is -0.627. The molecular formula is C32H28FN3O2. The molecule has 4 aromatic carbocycles. The minimum Gasteiger partial charge on any atom is -0.347 e. The Morgan fingerprint density at radius 1 is 0.737 bits per heavy atom. The van der Waals surface area contributed by atoms with Gasteiger partial charge in [0, 0.05) is 36.1 Å². The highest BCUT2D eigenvalue weighted by molar-refractivity contribution is 6.00. The van der Waals surface area contributed by atoms with Gasteiger partial charge in [0.1, 0.15) is 11.5 Å². The van der Waals surface area contributed by atoms with Crippen molar-refractivity contribution in [2.75, 3.05) is 5.32 Å². The first-order chi connectivity index (χ1) is 18.5. The summed E-state index contributed by atoms with van der Waals surface area (Å²) in [5, 5.41) is 6.77. The van der Waals surface area contributed by atoms with E-state index in [2.05, 4.69) is 10.6 Å². The fraction of sp³-hybridized carbons (Fsp3) is 0.125. The fourth-order valence-corrected chi connectivity index (χ4v) is 4.52. The molecule has 0 saturated heterocycles. The third-order valence-electron chi connectivity index (χ3n) is 6.43. The number of carbonyl (C=O) groups is 2. The molecule has 5 nitrogen and oxygen atoms in total. The largest absolute Gasteiger partial charge is 0.347 e. The molecule has 0 saturated carbocycles. The first kappa shape index (κ1) is 25.0. The minimum absolute atomic E-state index is 0.0757. The molecule has 0 bridgehead atoms. The lowest BCUT2D eigenvalue weighted by Gasteiger charge is -2.12. The van der Waals surface area contributed by atoms with Gasteiger partial charge in [-0.05, 0) is 59.5 Å². The van der Waals surface area contributed by atoms with E-state index in [0.29, 0.717) is 37.3 Å². The average molecular weight is 506 g/mol. The maximum atomic E-state index is 13.9. The molecule has 2 amide bonds. The number of anilines is 1. The summed E-state index contributed by atoms with van der Waals surface area (Å²) in [6.07, 6.45) is 1.03. The van der Waals surface area contributed by atoms with E-state index in [4.69, 9.17) is 0 Å².